The summed E-state index contributed by atoms with van der Waals surface area (Å²) in [4.78, 5) is 4.23. The van der Waals surface area contributed by atoms with Crippen molar-refractivity contribution in [2.45, 2.75) is 13.8 Å². The summed E-state index contributed by atoms with van der Waals surface area (Å²) in [5, 5.41) is 7.28. The fourth-order valence-electron chi connectivity index (χ4n) is 1.66. The van der Waals surface area contributed by atoms with E-state index in [-0.39, 0.29) is 0 Å². The molecule has 0 saturated carbocycles. The molecule has 0 fully saturated rings. The first-order chi connectivity index (χ1) is 9.08. The average Bonchev–Trinajstić information content (AvgIpc) is 2.37. The van der Waals surface area contributed by atoms with E-state index in [1.807, 2.05) is 44.2 Å². The summed E-state index contributed by atoms with van der Waals surface area (Å²) in [5.41, 5.74) is 2.88. The van der Waals surface area contributed by atoms with Crippen molar-refractivity contribution in [1.29, 1.82) is 0 Å². The lowest BCUT2D eigenvalue weighted by Gasteiger charge is -2.14. The highest BCUT2D eigenvalue weighted by atomic mass is 35.5. The van der Waals surface area contributed by atoms with Gasteiger partial charge in [-0.3, -0.25) is 0 Å². The van der Waals surface area contributed by atoms with E-state index >= 15 is 0 Å². The van der Waals surface area contributed by atoms with E-state index in [1.54, 1.807) is 6.20 Å². The van der Waals surface area contributed by atoms with Crippen LogP contribution < -0.4 is 10.6 Å². The van der Waals surface area contributed by atoms with Gasteiger partial charge in [-0.15, -0.1) is 0 Å². The summed E-state index contributed by atoms with van der Waals surface area (Å²) < 4.78 is 0. The van der Waals surface area contributed by atoms with Crippen LogP contribution in [0.4, 0.5) is 11.5 Å². The van der Waals surface area contributed by atoms with Gasteiger partial charge >= 0.3 is 0 Å². The molecule has 0 amide bonds. The highest BCUT2D eigenvalue weighted by Gasteiger charge is 2.07. The van der Waals surface area contributed by atoms with Crippen LogP contribution in [0.2, 0.25) is 5.02 Å². The van der Waals surface area contributed by atoms with Crippen molar-refractivity contribution in [3.63, 3.8) is 0 Å². The van der Waals surface area contributed by atoms with Crippen LogP contribution in [0, 0.1) is 13.8 Å². The number of halogens is 1. The molecule has 19 heavy (non-hydrogen) atoms. The zero-order valence-corrected chi connectivity index (χ0v) is 12.3. The number of hydrogen-bond donors (Lipinski definition) is 2. The van der Waals surface area contributed by atoms with Crippen LogP contribution in [-0.2, 0) is 0 Å². The number of para-hydroxylation sites is 1. The second-order valence-electron chi connectivity index (χ2n) is 4.18. The molecule has 98 valence electrons. The van der Waals surface area contributed by atoms with Crippen molar-refractivity contribution in [1.82, 2.24) is 4.98 Å². The molecule has 0 bridgehead atoms. The molecule has 1 heterocycles. The summed E-state index contributed by atoms with van der Waals surface area (Å²) in [6.07, 6.45) is 1.72. The van der Waals surface area contributed by atoms with Crippen LogP contribution in [0.3, 0.4) is 0 Å². The Morgan fingerprint density at radius 3 is 2.53 bits per heavy atom. The van der Waals surface area contributed by atoms with Crippen molar-refractivity contribution in [2.24, 2.45) is 0 Å². The molecule has 0 unspecified atom stereocenters. The van der Waals surface area contributed by atoms with E-state index in [0.717, 1.165) is 22.6 Å². The molecule has 2 N–H and O–H groups in total. The fraction of sp³-hybridized carbons (Fsp3) is 0.143. The summed E-state index contributed by atoms with van der Waals surface area (Å²) >= 11 is 11.4. The van der Waals surface area contributed by atoms with Gasteiger partial charge in [-0.25, -0.2) is 4.98 Å². The molecule has 2 rings (SSSR count). The third-order valence-corrected chi connectivity index (χ3v) is 3.22. The van der Waals surface area contributed by atoms with Gasteiger partial charge in [-0.1, -0.05) is 29.8 Å². The summed E-state index contributed by atoms with van der Waals surface area (Å²) in [5.74, 6) is 0.740. The normalized spacial score (nSPS) is 10.1. The largest absolute Gasteiger partial charge is 0.331 e. The number of nitrogens with one attached hydrogen (secondary N) is 2. The molecule has 3 nitrogen and oxygen atoms in total. The van der Waals surface area contributed by atoms with Crippen LogP contribution in [0.1, 0.15) is 11.1 Å². The number of thiocarbonyl (C=S) groups is 1. The van der Waals surface area contributed by atoms with E-state index in [9.17, 15) is 0 Å². The Balaban J connectivity index is 2.12. The maximum Gasteiger partial charge on any atom is 0.176 e. The van der Waals surface area contributed by atoms with Crippen LogP contribution in [0.25, 0.3) is 0 Å². The number of pyridine rings is 1. The lowest BCUT2D eigenvalue weighted by atomic mass is 10.2. The highest BCUT2D eigenvalue weighted by molar-refractivity contribution is 7.80. The zero-order chi connectivity index (χ0) is 13.8. The molecule has 0 saturated heterocycles. The number of aromatic nitrogens is 1. The second-order valence-corrected chi connectivity index (χ2v) is 5.00. The van der Waals surface area contributed by atoms with E-state index in [2.05, 4.69) is 15.6 Å². The minimum Gasteiger partial charge on any atom is -0.331 e. The standard InChI is InChI=1S/C14H14ClN3S/c1-9-5-3-7-11(15)12(9)17-14(19)18-13-10(2)6-4-8-16-13/h3-8H,1-2H3,(H2,16,17,18,19). The molecule has 0 radical (unpaired) electrons. The minimum absolute atomic E-state index is 0.470. The number of hydrogen-bond acceptors (Lipinski definition) is 2. The van der Waals surface area contributed by atoms with Crippen molar-refractivity contribution in [3.8, 4) is 0 Å². The minimum atomic E-state index is 0.470. The third-order valence-electron chi connectivity index (χ3n) is 2.70. The third kappa shape index (κ3) is 3.43. The maximum atomic E-state index is 6.14. The van der Waals surface area contributed by atoms with Crippen molar-refractivity contribution >= 4 is 40.4 Å². The number of nitrogens with zero attached hydrogens (tertiary/aromatic N) is 1. The predicted molar refractivity (Wildman–Crippen MR) is 85.0 cm³/mol. The van der Waals surface area contributed by atoms with Gasteiger partial charge in [0.25, 0.3) is 0 Å². The predicted octanol–water partition coefficient (Wildman–Crippen LogP) is 4.16. The summed E-state index contributed by atoms with van der Waals surface area (Å²) in [6.45, 7) is 3.95. The molecule has 2 aromatic rings. The first kappa shape index (κ1) is 13.8. The Morgan fingerprint density at radius 2 is 1.84 bits per heavy atom. The molecule has 0 aliphatic heterocycles. The van der Waals surface area contributed by atoms with Crippen molar-refractivity contribution in [2.75, 3.05) is 10.6 Å². The smallest absolute Gasteiger partial charge is 0.176 e. The van der Waals surface area contributed by atoms with E-state index in [1.165, 1.54) is 0 Å². The first-order valence-electron chi connectivity index (χ1n) is 5.82. The topological polar surface area (TPSA) is 37.0 Å². The van der Waals surface area contributed by atoms with Crippen molar-refractivity contribution < 1.29 is 0 Å². The van der Waals surface area contributed by atoms with Crippen LogP contribution in [0.5, 0.6) is 0 Å². The molecule has 0 spiro atoms. The van der Waals surface area contributed by atoms with Crippen LogP contribution in [0.15, 0.2) is 36.5 Å². The first-order valence-corrected chi connectivity index (χ1v) is 6.61. The highest BCUT2D eigenvalue weighted by Crippen LogP contribution is 2.25. The molecule has 0 aliphatic carbocycles. The van der Waals surface area contributed by atoms with Crippen LogP contribution in [-0.4, -0.2) is 10.1 Å². The van der Waals surface area contributed by atoms with Gasteiger partial charge in [0, 0.05) is 6.20 Å². The average molecular weight is 292 g/mol. The number of anilines is 2. The van der Waals surface area contributed by atoms with Gasteiger partial charge in [0.05, 0.1) is 10.7 Å². The molecular formula is C14H14ClN3S. The maximum absolute atomic E-state index is 6.14. The van der Waals surface area contributed by atoms with Gasteiger partial charge < -0.3 is 10.6 Å². The zero-order valence-electron chi connectivity index (χ0n) is 10.7. The summed E-state index contributed by atoms with van der Waals surface area (Å²) in [7, 11) is 0. The second kappa shape index (κ2) is 5.99. The quantitative estimate of drug-likeness (QED) is 0.815. The number of aryl methyl sites for hydroxylation is 2. The van der Waals surface area contributed by atoms with Crippen molar-refractivity contribution in [3.05, 3.63) is 52.7 Å². The van der Waals surface area contributed by atoms with Gasteiger partial charge in [-0.2, -0.15) is 0 Å². The Bertz CT molecular complexity index is 593. The Morgan fingerprint density at radius 1 is 1.11 bits per heavy atom. The summed E-state index contributed by atoms with van der Waals surface area (Å²) in [6, 6.07) is 9.56. The molecule has 1 aromatic heterocycles. The monoisotopic (exact) mass is 291 g/mol. The fourth-order valence-corrected chi connectivity index (χ4v) is 2.13. The van der Waals surface area contributed by atoms with Gasteiger partial charge in [0.1, 0.15) is 5.82 Å². The number of benzene rings is 1. The lowest BCUT2D eigenvalue weighted by Crippen LogP contribution is -2.21. The lowest BCUT2D eigenvalue weighted by molar-refractivity contribution is 1.27. The molecular weight excluding hydrogens is 278 g/mol. The van der Waals surface area contributed by atoms with Crippen LogP contribution >= 0.6 is 23.8 Å². The molecule has 5 heteroatoms. The van der Waals surface area contributed by atoms with E-state index < -0.39 is 0 Å². The molecule has 1 aromatic carbocycles. The van der Waals surface area contributed by atoms with Gasteiger partial charge in [0.15, 0.2) is 5.11 Å². The Hall–Kier alpha value is -1.65. The Kier molecular flexibility index (Phi) is 4.35. The number of rotatable bonds is 2. The molecule has 0 aliphatic rings. The van der Waals surface area contributed by atoms with Gasteiger partial charge in [0.2, 0.25) is 0 Å². The van der Waals surface area contributed by atoms with Gasteiger partial charge in [-0.05, 0) is 49.3 Å². The van der Waals surface area contributed by atoms with E-state index in [4.69, 9.17) is 23.8 Å². The molecule has 0 atom stereocenters. The van der Waals surface area contributed by atoms with E-state index in [0.29, 0.717) is 10.1 Å². The SMILES string of the molecule is Cc1cccnc1NC(=S)Nc1c(C)cccc1Cl. The Labute approximate surface area is 123 Å².